The van der Waals surface area contributed by atoms with Crippen LogP contribution in [0.15, 0.2) is 18.2 Å². The summed E-state index contributed by atoms with van der Waals surface area (Å²) >= 11 is 0. The molecule has 260 valence electrons. The maximum absolute atomic E-state index is 11.2. The number of ether oxygens (including phenoxy) is 6. The lowest BCUT2D eigenvalue weighted by Gasteiger charge is -2.60. The molecule has 0 aromatic heterocycles. The fourth-order valence-electron chi connectivity index (χ4n) is 11.0. The molecule has 8 saturated heterocycles. The largest absolute Gasteiger partial charge is 0.504 e. The van der Waals surface area contributed by atoms with Gasteiger partial charge in [-0.25, -0.2) is 19.6 Å². The molecule has 11 heteroatoms. The summed E-state index contributed by atoms with van der Waals surface area (Å²) in [6.07, 6.45) is 4.76. The molecule has 11 nitrogen and oxygen atoms in total. The van der Waals surface area contributed by atoms with Gasteiger partial charge in [-0.1, -0.05) is 33.8 Å². The number of phenols is 1. The summed E-state index contributed by atoms with van der Waals surface area (Å²) in [7, 11) is 0. The fourth-order valence-corrected chi connectivity index (χ4v) is 11.0. The van der Waals surface area contributed by atoms with Gasteiger partial charge in [-0.3, -0.25) is 0 Å². The molecule has 8 aliphatic heterocycles. The third-order valence-corrected chi connectivity index (χ3v) is 13.6. The number of benzene rings is 1. The zero-order chi connectivity index (χ0) is 32.5. The lowest BCUT2D eigenvalue weighted by molar-refractivity contribution is -0.576. The number of hydrogen-bond donors (Lipinski definition) is 1. The molecule has 0 unspecified atom stereocenters. The van der Waals surface area contributed by atoms with Crippen LogP contribution in [0, 0.1) is 47.3 Å². The summed E-state index contributed by atoms with van der Waals surface area (Å²) in [5.41, 5.74) is -1.40. The van der Waals surface area contributed by atoms with E-state index >= 15 is 0 Å². The van der Waals surface area contributed by atoms with Crippen molar-refractivity contribution in [3.8, 4) is 17.2 Å². The van der Waals surface area contributed by atoms with E-state index in [-0.39, 0.29) is 47.0 Å². The maximum Gasteiger partial charge on any atom is 0.206 e. The molecule has 47 heavy (non-hydrogen) atoms. The van der Waals surface area contributed by atoms with E-state index in [1.54, 1.807) is 18.2 Å². The maximum atomic E-state index is 11.2. The quantitative estimate of drug-likeness (QED) is 0.355. The van der Waals surface area contributed by atoms with Crippen LogP contribution in [0.3, 0.4) is 0 Å². The van der Waals surface area contributed by atoms with E-state index < -0.39 is 47.9 Å². The fraction of sp³-hybridized carbons (Fsp3) is 0.833. The van der Waals surface area contributed by atoms with Gasteiger partial charge in [-0.15, -0.1) is 0 Å². The predicted molar refractivity (Wildman–Crippen MR) is 163 cm³/mol. The van der Waals surface area contributed by atoms with Crippen LogP contribution in [0.5, 0.6) is 17.2 Å². The first-order valence-electron chi connectivity index (χ1n) is 18.0. The van der Waals surface area contributed by atoms with Gasteiger partial charge in [0.05, 0.1) is 0 Å². The Labute approximate surface area is 276 Å². The zero-order valence-electron chi connectivity index (χ0n) is 28.3. The van der Waals surface area contributed by atoms with E-state index in [2.05, 4.69) is 27.7 Å². The van der Waals surface area contributed by atoms with Crippen molar-refractivity contribution in [3.63, 3.8) is 0 Å². The van der Waals surface area contributed by atoms with Crippen LogP contribution < -0.4 is 9.47 Å². The highest BCUT2D eigenvalue weighted by Crippen LogP contribution is 2.63. The van der Waals surface area contributed by atoms with Crippen LogP contribution in [-0.2, 0) is 38.5 Å². The van der Waals surface area contributed by atoms with Crippen molar-refractivity contribution >= 4 is 0 Å². The highest BCUT2D eigenvalue weighted by molar-refractivity contribution is 5.50. The van der Waals surface area contributed by atoms with Gasteiger partial charge < -0.3 is 33.5 Å². The highest BCUT2D eigenvalue weighted by atomic mass is 17.3. The second-order valence-electron chi connectivity index (χ2n) is 16.4. The van der Waals surface area contributed by atoms with Crippen LogP contribution in [0.2, 0.25) is 0 Å². The van der Waals surface area contributed by atoms with Gasteiger partial charge in [-0.2, -0.15) is 0 Å². The number of phenolic OH excluding ortho intramolecular Hbond substituents is 1. The Balaban J connectivity index is 1.00. The summed E-state index contributed by atoms with van der Waals surface area (Å²) in [4.78, 5) is 24.6. The van der Waals surface area contributed by atoms with Crippen molar-refractivity contribution in [2.45, 2.75) is 141 Å². The van der Waals surface area contributed by atoms with Crippen molar-refractivity contribution in [2.24, 2.45) is 47.3 Å². The molecular formula is C36H50O11. The van der Waals surface area contributed by atoms with Crippen molar-refractivity contribution in [1.82, 2.24) is 0 Å². The molecule has 2 spiro atoms. The predicted octanol–water partition coefficient (Wildman–Crippen LogP) is 6.57. The SMILES string of the molecule is C[C@H]1[C@@H](Oc2cccc(O)c2O[C@H]2O[C@@H]3O[C@]4(C)CC[C@H]5[C@H](C)CC[C@@H]([C@H]2C)[C@@]35OO4)O[C@@H]2O[C@]3(C)CC[C@H]4[C@H](C)CC[C@@H]1[C@@]24OO3. The summed E-state index contributed by atoms with van der Waals surface area (Å²) in [5, 5.41) is 11.2. The number of aromatic hydroxyl groups is 1. The first kappa shape index (κ1) is 31.3. The third kappa shape index (κ3) is 4.39. The van der Waals surface area contributed by atoms with E-state index in [0.29, 0.717) is 17.6 Å². The third-order valence-electron chi connectivity index (χ3n) is 13.6. The summed E-state index contributed by atoms with van der Waals surface area (Å²) in [6, 6.07) is 5.15. The van der Waals surface area contributed by atoms with Gasteiger partial charge >= 0.3 is 0 Å². The van der Waals surface area contributed by atoms with Gasteiger partial charge in [0.1, 0.15) is 0 Å². The average Bonchev–Trinajstić information content (AvgIpc) is 3.41. The molecule has 4 bridgehead atoms. The molecular weight excluding hydrogens is 608 g/mol. The van der Waals surface area contributed by atoms with Gasteiger partial charge in [0.2, 0.25) is 29.9 Å². The second-order valence-corrected chi connectivity index (χ2v) is 16.4. The number of hydrogen-bond acceptors (Lipinski definition) is 11. The van der Waals surface area contributed by atoms with Crippen molar-refractivity contribution in [3.05, 3.63) is 18.2 Å². The summed E-state index contributed by atoms with van der Waals surface area (Å²) < 4.78 is 39.7. The van der Waals surface area contributed by atoms with Crippen LogP contribution in [0.4, 0.5) is 0 Å². The van der Waals surface area contributed by atoms with E-state index in [4.69, 9.17) is 48.0 Å². The number of para-hydroxylation sites is 1. The Kier molecular flexibility index (Phi) is 7.09. The lowest BCUT2D eigenvalue weighted by atomic mass is 9.58. The van der Waals surface area contributed by atoms with Crippen LogP contribution in [0.25, 0.3) is 0 Å². The van der Waals surface area contributed by atoms with E-state index in [1.165, 1.54) is 0 Å². The molecule has 10 aliphatic rings. The second kappa shape index (κ2) is 10.7. The Hall–Kier alpha value is -1.70. The Morgan fingerprint density at radius 1 is 0.638 bits per heavy atom. The van der Waals surface area contributed by atoms with Crippen molar-refractivity contribution < 1.29 is 53.1 Å². The molecule has 1 N–H and O–H groups in total. The van der Waals surface area contributed by atoms with Gasteiger partial charge in [0.25, 0.3) is 0 Å². The van der Waals surface area contributed by atoms with E-state index in [9.17, 15) is 5.11 Å². The summed E-state index contributed by atoms with van der Waals surface area (Å²) in [6.45, 7) is 12.7. The molecule has 16 atom stereocenters. The van der Waals surface area contributed by atoms with E-state index in [1.807, 2.05) is 13.8 Å². The minimum Gasteiger partial charge on any atom is -0.504 e. The average molecular weight is 659 g/mol. The highest BCUT2D eigenvalue weighted by Gasteiger charge is 2.71. The number of fused-ring (bicyclic) bond motifs is 4. The summed E-state index contributed by atoms with van der Waals surface area (Å²) in [5.74, 6) is 0.255. The van der Waals surface area contributed by atoms with Crippen molar-refractivity contribution in [1.29, 1.82) is 0 Å². The Morgan fingerprint density at radius 3 is 1.68 bits per heavy atom. The standard InChI is InChI=1S/C36H50O11/c1-18-10-12-24-20(3)29(40-31-35(24)22(18)14-16-33(5,42-31)44-46-35)38-27-9-7-8-26(37)28(27)39-30-21(4)25-13-11-19(2)23-15-17-34(6)43-32(41-30)36(23,25)47-45-34/h7-9,18-25,29-32,37H,10-17H2,1-6H3/t18-,19-,20-,21-,22+,23+,24+,25+,29+,30+,31-,32-,33+,34+,35-,36-/m1/s1. The molecule has 0 radical (unpaired) electrons. The minimum atomic E-state index is -0.890. The van der Waals surface area contributed by atoms with E-state index in [0.717, 1.165) is 51.4 Å². The van der Waals surface area contributed by atoms with Crippen LogP contribution in [0.1, 0.15) is 92.9 Å². The van der Waals surface area contributed by atoms with Gasteiger partial charge in [-0.05, 0) is 88.2 Å². The van der Waals surface area contributed by atoms with Gasteiger partial charge in [0, 0.05) is 36.5 Å². The topological polar surface area (TPSA) is 113 Å². The normalized spacial score (nSPS) is 54.5. The van der Waals surface area contributed by atoms with Crippen molar-refractivity contribution in [2.75, 3.05) is 0 Å². The molecule has 2 saturated carbocycles. The monoisotopic (exact) mass is 658 g/mol. The molecule has 10 fully saturated rings. The molecule has 2 aliphatic carbocycles. The smallest absolute Gasteiger partial charge is 0.206 e. The molecule has 1 aromatic rings. The Bertz CT molecular complexity index is 1390. The first-order valence-corrected chi connectivity index (χ1v) is 18.0. The van der Waals surface area contributed by atoms with Crippen LogP contribution in [-0.4, -0.2) is 53.0 Å². The zero-order valence-corrected chi connectivity index (χ0v) is 28.3. The molecule has 1 aromatic carbocycles. The van der Waals surface area contributed by atoms with Crippen LogP contribution >= 0.6 is 0 Å². The number of rotatable bonds is 4. The Morgan fingerprint density at radius 2 is 1.15 bits per heavy atom. The molecule has 0 amide bonds. The first-order chi connectivity index (χ1) is 22.5. The van der Waals surface area contributed by atoms with Gasteiger partial charge in [0.15, 0.2) is 35.3 Å². The minimum absolute atomic E-state index is 0.0379. The molecule has 8 heterocycles. The lowest BCUT2D eigenvalue weighted by Crippen LogP contribution is -2.71. The molecule has 11 rings (SSSR count).